The number of benzene rings is 1. The Hall–Kier alpha value is -1.73. The zero-order valence-corrected chi connectivity index (χ0v) is 12.5. The molecule has 1 saturated heterocycles. The minimum Gasteiger partial charge on any atom is -0.483 e. The van der Waals surface area contributed by atoms with E-state index in [1.807, 2.05) is 0 Å². The summed E-state index contributed by atoms with van der Waals surface area (Å²) in [6.45, 7) is 0.166. The van der Waals surface area contributed by atoms with Crippen LogP contribution in [0, 0.1) is 17.6 Å². The first-order chi connectivity index (χ1) is 9.97. The van der Waals surface area contributed by atoms with Crippen LogP contribution < -0.4 is 15.8 Å². The third-order valence-corrected chi connectivity index (χ3v) is 3.38. The van der Waals surface area contributed by atoms with Gasteiger partial charge >= 0.3 is 0 Å². The van der Waals surface area contributed by atoms with Crippen molar-refractivity contribution >= 4 is 24.1 Å². The number of hydrogen-bond donors (Lipinski definition) is 2. The van der Waals surface area contributed by atoms with Gasteiger partial charge in [0, 0.05) is 18.5 Å². The van der Waals surface area contributed by atoms with Crippen molar-refractivity contribution in [3.8, 4) is 5.75 Å². The molecule has 5 nitrogen and oxygen atoms in total. The zero-order chi connectivity index (χ0) is 15.4. The van der Waals surface area contributed by atoms with Gasteiger partial charge in [-0.15, -0.1) is 12.4 Å². The van der Waals surface area contributed by atoms with Gasteiger partial charge in [0.15, 0.2) is 17.3 Å². The Labute approximate surface area is 132 Å². The van der Waals surface area contributed by atoms with Crippen LogP contribution >= 0.6 is 12.4 Å². The minimum absolute atomic E-state index is 0. The number of carbonyl (C=O) groups is 2. The topological polar surface area (TPSA) is 81.4 Å². The van der Waals surface area contributed by atoms with Crippen molar-refractivity contribution in [2.45, 2.75) is 18.9 Å². The lowest BCUT2D eigenvalue weighted by molar-refractivity contribution is -0.124. The quantitative estimate of drug-likeness (QED) is 0.818. The molecule has 0 radical (unpaired) electrons. The van der Waals surface area contributed by atoms with Gasteiger partial charge in [0.2, 0.25) is 5.91 Å². The summed E-state index contributed by atoms with van der Waals surface area (Å²) in [7, 11) is 0. The van der Waals surface area contributed by atoms with Crippen LogP contribution in [-0.2, 0) is 9.59 Å². The molecule has 1 aliphatic rings. The molecular formula is C14H17ClF2N2O3. The van der Waals surface area contributed by atoms with Crippen molar-refractivity contribution in [1.29, 1.82) is 0 Å². The summed E-state index contributed by atoms with van der Waals surface area (Å²) in [4.78, 5) is 23.2. The number of rotatable bonds is 6. The van der Waals surface area contributed by atoms with Crippen molar-refractivity contribution in [3.05, 3.63) is 29.8 Å². The largest absolute Gasteiger partial charge is 0.483 e. The van der Waals surface area contributed by atoms with Crippen molar-refractivity contribution in [2.75, 3.05) is 13.2 Å². The van der Waals surface area contributed by atoms with E-state index in [4.69, 9.17) is 10.5 Å². The first-order valence-electron chi connectivity index (χ1n) is 6.61. The monoisotopic (exact) mass is 334 g/mol. The molecule has 1 amide bonds. The van der Waals surface area contributed by atoms with Gasteiger partial charge in [-0.05, 0) is 25.0 Å². The average molecular weight is 335 g/mol. The van der Waals surface area contributed by atoms with E-state index < -0.39 is 30.1 Å². The van der Waals surface area contributed by atoms with Crippen LogP contribution in [0.2, 0.25) is 0 Å². The van der Waals surface area contributed by atoms with Gasteiger partial charge in [-0.3, -0.25) is 9.59 Å². The molecule has 1 heterocycles. The lowest BCUT2D eigenvalue weighted by Crippen LogP contribution is -2.37. The maximum atomic E-state index is 13.3. The number of halogens is 3. The molecule has 122 valence electrons. The molecule has 22 heavy (non-hydrogen) atoms. The summed E-state index contributed by atoms with van der Waals surface area (Å²) in [6.07, 6.45) is 0.882. The maximum Gasteiger partial charge on any atom is 0.223 e. The van der Waals surface area contributed by atoms with Crippen molar-refractivity contribution in [3.63, 3.8) is 0 Å². The summed E-state index contributed by atoms with van der Waals surface area (Å²) in [5.74, 6) is -2.63. The highest BCUT2D eigenvalue weighted by Crippen LogP contribution is 2.18. The number of hydrogen-bond acceptors (Lipinski definition) is 4. The van der Waals surface area contributed by atoms with E-state index in [0.29, 0.717) is 19.0 Å². The lowest BCUT2D eigenvalue weighted by Gasteiger charge is -2.14. The highest BCUT2D eigenvalue weighted by molar-refractivity contribution is 5.87. The molecule has 0 aromatic heterocycles. The maximum absolute atomic E-state index is 13.3. The minimum atomic E-state index is -0.883. The van der Waals surface area contributed by atoms with E-state index in [0.717, 1.165) is 12.1 Å². The van der Waals surface area contributed by atoms with Crippen LogP contribution in [0.1, 0.15) is 12.8 Å². The normalized spacial score (nSPS) is 18.3. The molecule has 1 aromatic rings. The molecule has 1 aromatic carbocycles. The Morgan fingerprint density at radius 2 is 2.18 bits per heavy atom. The smallest absolute Gasteiger partial charge is 0.223 e. The van der Waals surface area contributed by atoms with Crippen LogP contribution in [-0.4, -0.2) is 30.9 Å². The Kier molecular flexibility index (Phi) is 6.70. The molecule has 1 aliphatic heterocycles. The van der Waals surface area contributed by atoms with Gasteiger partial charge in [0.25, 0.3) is 0 Å². The molecular weight excluding hydrogens is 318 g/mol. The number of Topliss-reactive ketones (excluding diaryl/α,β-unsaturated/α-hetero) is 1. The second kappa shape index (κ2) is 8.05. The second-order valence-corrected chi connectivity index (χ2v) is 4.95. The average Bonchev–Trinajstić information content (AvgIpc) is 2.83. The third kappa shape index (κ3) is 4.64. The summed E-state index contributed by atoms with van der Waals surface area (Å²) in [5, 5.41) is 2.66. The number of nitrogens with two attached hydrogens (primary N) is 1. The number of ketones is 1. The lowest BCUT2D eigenvalue weighted by atomic mass is 9.97. The molecule has 0 spiro atoms. The van der Waals surface area contributed by atoms with E-state index in [-0.39, 0.29) is 36.4 Å². The van der Waals surface area contributed by atoms with Crippen LogP contribution in [0.3, 0.4) is 0 Å². The Morgan fingerprint density at radius 3 is 2.77 bits per heavy atom. The molecule has 1 unspecified atom stereocenters. The van der Waals surface area contributed by atoms with Gasteiger partial charge in [-0.25, -0.2) is 8.78 Å². The number of amides is 1. The summed E-state index contributed by atoms with van der Waals surface area (Å²) in [5.41, 5.74) is 5.72. The predicted molar refractivity (Wildman–Crippen MR) is 77.8 cm³/mol. The van der Waals surface area contributed by atoms with Crippen molar-refractivity contribution in [2.24, 2.45) is 11.7 Å². The predicted octanol–water partition coefficient (Wildman–Crippen LogP) is 1.19. The number of ether oxygens (including phenoxy) is 1. The van der Waals surface area contributed by atoms with Gasteiger partial charge < -0.3 is 15.8 Å². The number of nitrogens with one attached hydrogen (secondary N) is 1. The highest BCUT2D eigenvalue weighted by atomic mass is 35.5. The Morgan fingerprint density at radius 1 is 1.45 bits per heavy atom. The van der Waals surface area contributed by atoms with Crippen molar-refractivity contribution in [1.82, 2.24) is 5.32 Å². The molecule has 0 aliphatic carbocycles. The summed E-state index contributed by atoms with van der Waals surface area (Å²) >= 11 is 0. The van der Waals surface area contributed by atoms with Crippen LogP contribution in [0.5, 0.6) is 5.75 Å². The van der Waals surface area contributed by atoms with Gasteiger partial charge in [-0.1, -0.05) is 0 Å². The molecule has 3 N–H and O–H groups in total. The van der Waals surface area contributed by atoms with Gasteiger partial charge in [0.1, 0.15) is 12.4 Å². The SMILES string of the molecule is Cl.NC(C[C@@H]1CCNC1=O)C(=O)COc1ccc(F)cc1F. The Balaban J connectivity index is 0.00000242. The summed E-state index contributed by atoms with van der Waals surface area (Å²) in [6, 6.07) is 1.96. The fraction of sp³-hybridized carbons (Fsp3) is 0.429. The molecule has 2 rings (SSSR count). The third-order valence-electron chi connectivity index (χ3n) is 3.38. The second-order valence-electron chi connectivity index (χ2n) is 4.95. The van der Waals surface area contributed by atoms with Crippen molar-refractivity contribution < 1.29 is 23.1 Å². The zero-order valence-electron chi connectivity index (χ0n) is 11.7. The molecule has 1 fully saturated rings. The fourth-order valence-electron chi connectivity index (χ4n) is 2.16. The van der Waals surface area contributed by atoms with E-state index >= 15 is 0 Å². The molecule has 0 bridgehead atoms. The molecule has 2 atom stereocenters. The first kappa shape index (κ1) is 18.3. The van der Waals surface area contributed by atoms with Crippen LogP contribution in [0.4, 0.5) is 8.78 Å². The van der Waals surface area contributed by atoms with E-state index in [2.05, 4.69) is 5.32 Å². The highest BCUT2D eigenvalue weighted by Gasteiger charge is 2.28. The van der Waals surface area contributed by atoms with Gasteiger partial charge in [-0.2, -0.15) is 0 Å². The van der Waals surface area contributed by atoms with Crippen LogP contribution in [0.15, 0.2) is 18.2 Å². The van der Waals surface area contributed by atoms with E-state index in [1.54, 1.807) is 0 Å². The standard InChI is InChI=1S/C14H16F2N2O3.ClH/c15-9-1-2-13(10(16)6-9)21-7-12(19)11(17)5-8-3-4-18-14(8)20;/h1-2,6,8,11H,3-5,7,17H2,(H,18,20);1H/t8-,11?;/m0./s1. The van der Waals surface area contributed by atoms with E-state index in [1.165, 1.54) is 0 Å². The molecule has 0 saturated carbocycles. The first-order valence-corrected chi connectivity index (χ1v) is 6.61. The van der Waals surface area contributed by atoms with Crippen LogP contribution in [0.25, 0.3) is 0 Å². The fourth-order valence-corrected chi connectivity index (χ4v) is 2.16. The number of carbonyl (C=O) groups excluding carboxylic acids is 2. The summed E-state index contributed by atoms with van der Waals surface area (Å²) < 4.78 is 31.0. The van der Waals surface area contributed by atoms with Gasteiger partial charge in [0.05, 0.1) is 6.04 Å². The molecule has 8 heteroatoms. The van der Waals surface area contributed by atoms with E-state index in [9.17, 15) is 18.4 Å². The Bertz CT molecular complexity index is 557.